The summed E-state index contributed by atoms with van der Waals surface area (Å²) in [6.07, 6.45) is 4.48. The zero-order valence-electron chi connectivity index (χ0n) is 18.3. The van der Waals surface area contributed by atoms with Crippen LogP contribution in [0.25, 0.3) is 0 Å². The fraction of sp³-hybridized carbons (Fsp3) is 0.480. The van der Waals surface area contributed by atoms with Crippen LogP contribution in [0.4, 0.5) is 8.78 Å². The number of nitrogens with one attached hydrogen (secondary N) is 2. The zero-order valence-corrected chi connectivity index (χ0v) is 18.3. The first-order chi connectivity index (χ1) is 14.9. The normalized spacial score (nSPS) is 17.6. The third-order valence-corrected chi connectivity index (χ3v) is 5.87. The topological polar surface area (TPSA) is 61.4 Å². The molecule has 3 rings (SSSR count). The van der Waals surface area contributed by atoms with Gasteiger partial charge in [-0.1, -0.05) is 31.5 Å². The fourth-order valence-electron chi connectivity index (χ4n) is 4.44. The molecule has 168 valence electrons. The van der Waals surface area contributed by atoms with Crippen LogP contribution in [0.5, 0.6) is 0 Å². The summed E-state index contributed by atoms with van der Waals surface area (Å²) in [5, 5.41) is 17.0. The van der Waals surface area contributed by atoms with E-state index >= 15 is 0 Å². The molecule has 4 nitrogen and oxygen atoms in total. The van der Waals surface area contributed by atoms with Crippen molar-refractivity contribution in [3.8, 4) is 0 Å². The van der Waals surface area contributed by atoms with Gasteiger partial charge in [0.05, 0.1) is 12.1 Å². The number of fused-ring (bicyclic) bond motifs is 1. The number of aliphatic hydroxyl groups is 1. The summed E-state index contributed by atoms with van der Waals surface area (Å²) in [6.45, 7) is 3.80. The molecule has 0 aliphatic heterocycles. The number of rotatable bonds is 9. The highest BCUT2D eigenvalue weighted by atomic mass is 19.1. The maximum atomic E-state index is 13.6. The predicted molar refractivity (Wildman–Crippen MR) is 118 cm³/mol. The largest absolute Gasteiger partial charge is 0.390 e. The molecule has 1 aliphatic carbocycles. The highest BCUT2D eigenvalue weighted by Gasteiger charge is 2.25. The van der Waals surface area contributed by atoms with E-state index in [9.17, 15) is 18.7 Å². The summed E-state index contributed by atoms with van der Waals surface area (Å²) in [6, 6.07) is 9.43. The summed E-state index contributed by atoms with van der Waals surface area (Å²) < 4.78 is 27.1. The predicted octanol–water partition coefficient (Wildman–Crippen LogP) is 3.99. The Balaban J connectivity index is 1.69. The lowest BCUT2D eigenvalue weighted by atomic mass is 9.86. The Morgan fingerprint density at radius 2 is 1.90 bits per heavy atom. The van der Waals surface area contributed by atoms with Crippen molar-refractivity contribution in [2.75, 3.05) is 6.54 Å². The standard InChI is InChI=1S/C25H32F2N2O2/c1-3-5-17-8-9-19-6-4-7-23(22(19)12-17)28-15-25(31)24(29-16(2)30)13-18-10-20(26)14-21(27)11-18/h8-12,14,23-25,28,31H,3-7,13,15H2,1-2H3,(H,29,30)/t23-,24-,25-/m0/s1. The Hall–Kier alpha value is -2.31. The van der Waals surface area contributed by atoms with E-state index in [2.05, 4.69) is 35.8 Å². The van der Waals surface area contributed by atoms with Gasteiger partial charge < -0.3 is 15.7 Å². The van der Waals surface area contributed by atoms with Gasteiger partial charge in [-0.05, 0) is 66.5 Å². The number of halogens is 2. The second-order valence-corrected chi connectivity index (χ2v) is 8.49. The number of hydrogen-bond acceptors (Lipinski definition) is 3. The molecule has 3 N–H and O–H groups in total. The Kier molecular flexibility index (Phi) is 8.15. The van der Waals surface area contributed by atoms with Crippen molar-refractivity contribution in [1.82, 2.24) is 10.6 Å². The Labute approximate surface area is 183 Å². The SMILES string of the molecule is CCCc1ccc2c(c1)[C@@H](NC[C@H](O)[C@H](Cc1cc(F)cc(F)c1)NC(C)=O)CCC2. The highest BCUT2D eigenvalue weighted by Crippen LogP contribution is 2.31. The van der Waals surface area contributed by atoms with E-state index in [1.165, 1.54) is 35.7 Å². The Morgan fingerprint density at radius 3 is 2.58 bits per heavy atom. The molecule has 0 fully saturated rings. The summed E-state index contributed by atoms with van der Waals surface area (Å²) in [7, 11) is 0. The van der Waals surface area contributed by atoms with E-state index in [1.54, 1.807) is 0 Å². The van der Waals surface area contributed by atoms with E-state index in [-0.39, 0.29) is 24.9 Å². The maximum Gasteiger partial charge on any atom is 0.217 e. The summed E-state index contributed by atoms with van der Waals surface area (Å²) in [4.78, 5) is 11.7. The zero-order chi connectivity index (χ0) is 22.4. The second kappa shape index (κ2) is 10.8. The van der Waals surface area contributed by atoms with Gasteiger partial charge in [0.1, 0.15) is 11.6 Å². The van der Waals surface area contributed by atoms with Crippen molar-refractivity contribution in [1.29, 1.82) is 0 Å². The van der Waals surface area contributed by atoms with Crippen LogP contribution in [0.3, 0.4) is 0 Å². The quantitative estimate of drug-likeness (QED) is 0.564. The summed E-state index contributed by atoms with van der Waals surface area (Å²) in [5.74, 6) is -1.65. The minimum absolute atomic E-state index is 0.138. The van der Waals surface area contributed by atoms with E-state index in [0.29, 0.717) is 5.56 Å². The first-order valence-electron chi connectivity index (χ1n) is 11.1. The third-order valence-electron chi connectivity index (χ3n) is 5.87. The summed E-state index contributed by atoms with van der Waals surface area (Å²) in [5.41, 5.74) is 4.33. The van der Waals surface area contributed by atoms with Crippen molar-refractivity contribution in [3.05, 3.63) is 70.3 Å². The van der Waals surface area contributed by atoms with E-state index in [4.69, 9.17) is 0 Å². The number of amides is 1. The van der Waals surface area contributed by atoms with E-state index in [0.717, 1.165) is 38.2 Å². The molecular weight excluding hydrogens is 398 g/mol. The molecule has 3 atom stereocenters. The molecule has 0 radical (unpaired) electrons. The number of hydrogen-bond donors (Lipinski definition) is 3. The van der Waals surface area contributed by atoms with Crippen molar-refractivity contribution in [2.24, 2.45) is 0 Å². The van der Waals surface area contributed by atoms with Crippen LogP contribution < -0.4 is 10.6 Å². The number of aliphatic hydroxyl groups excluding tert-OH is 1. The van der Waals surface area contributed by atoms with Crippen LogP contribution >= 0.6 is 0 Å². The lowest BCUT2D eigenvalue weighted by Gasteiger charge is -2.30. The van der Waals surface area contributed by atoms with Crippen LogP contribution in [0, 0.1) is 11.6 Å². The Morgan fingerprint density at radius 1 is 1.16 bits per heavy atom. The van der Waals surface area contributed by atoms with Gasteiger partial charge in [0.15, 0.2) is 0 Å². The summed E-state index contributed by atoms with van der Waals surface area (Å²) >= 11 is 0. The van der Waals surface area contributed by atoms with E-state index < -0.39 is 23.8 Å². The smallest absolute Gasteiger partial charge is 0.217 e. The van der Waals surface area contributed by atoms with Crippen molar-refractivity contribution in [3.63, 3.8) is 0 Å². The number of aryl methyl sites for hydroxylation is 2. The maximum absolute atomic E-state index is 13.6. The number of carbonyl (C=O) groups excluding carboxylic acids is 1. The average molecular weight is 431 g/mol. The van der Waals surface area contributed by atoms with Crippen molar-refractivity contribution < 1.29 is 18.7 Å². The molecule has 0 saturated heterocycles. The van der Waals surface area contributed by atoms with Crippen LogP contribution in [0.15, 0.2) is 36.4 Å². The molecule has 6 heteroatoms. The molecule has 31 heavy (non-hydrogen) atoms. The molecule has 0 aromatic heterocycles. The fourth-order valence-corrected chi connectivity index (χ4v) is 4.44. The van der Waals surface area contributed by atoms with Gasteiger partial charge in [0, 0.05) is 25.6 Å². The molecule has 0 spiro atoms. The van der Waals surface area contributed by atoms with Gasteiger partial charge in [-0.3, -0.25) is 4.79 Å². The molecule has 2 aromatic carbocycles. The molecule has 1 amide bonds. The lowest BCUT2D eigenvalue weighted by molar-refractivity contribution is -0.120. The molecule has 0 unspecified atom stereocenters. The first kappa shape index (κ1) is 23.4. The van der Waals surface area contributed by atoms with Crippen LogP contribution in [-0.4, -0.2) is 29.7 Å². The van der Waals surface area contributed by atoms with Crippen LogP contribution in [0.1, 0.15) is 61.4 Å². The van der Waals surface area contributed by atoms with Gasteiger partial charge in [0.25, 0.3) is 0 Å². The molecule has 0 saturated carbocycles. The van der Waals surface area contributed by atoms with Crippen molar-refractivity contribution in [2.45, 2.75) is 70.6 Å². The van der Waals surface area contributed by atoms with Gasteiger partial charge >= 0.3 is 0 Å². The average Bonchev–Trinajstić information content (AvgIpc) is 2.70. The van der Waals surface area contributed by atoms with Gasteiger partial charge in [-0.25, -0.2) is 8.78 Å². The van der Waals surface area contributed by atoms with Gasteiger partial charge in [-0.15, -0.1) is 0 Å². The van der Waals surface area contributed by atoms with E-state index in [1.807, 2.05) is 0 Å². The van der Waals surface area contributed by atoms with Crippen molar-refractivity contribution >= 4 is 5.91 Å². The molecular formula is C25H32F2N2O2. The van der Waals surface area contributed by atoms with Gasteiger partial charge in [-0.2, -0.15) is 0 Å². The van der Waals surface area contributed by atoms with Gasteiger partial charge in [0.2, 0.25) is 5.91 Å². The molecule has 1 aliphatic rings. The minimum Gasteiger partial charge on any atom is -0.390 e. The molecule has 0 heterocycles. The molecule has 2 aromatic rings. The second-order valence-electron chi connectivity index (χ2n) is 8.49. The Bertz CT molecular complexity index is 883. The van der Waals surface area contributed by atoms with Crippen LogP contribution in [-0.2, 0) is 24.1 Å². The minimum atomic E-state index is -0.903. The highest BCUT2D eigenvalue weighted by molar-refractivity contribution is 5.73. The van der Waals surface area contributed by atoms with Crippen LogP contribution in [0.2, 0.25) is 0 Å². The first-order valence-corrected chi connectivity index (χ1v) is 11.1. The number of benzene rings is 2. The lowest BCUT2D eigenvalue weighted by Crippen LogP contribution is -2.48. The molecule has 0 bridgehead atoms. The number of carbonyl (C=O) groups is 1. The third kappa shape index (κ3) is 6.58. The monoisotopic (exact) mass is 430 g/mol.